The van der Waals surface area contributed by atoms with E-state index in [9.17, 15) is 4.79 Å². The zero-order valence-corrected chi connectivity index (χ0v) is 11.2. The van der Waals surface area contributed by atoms with Crippen molar-refractivity contribution < 1.29 is 4.79 Å². The lowest BCUT2D eigenvalue weighted by Crippen LogP contribution is -2.25. The Hall–Kier alpha value is -0.640. The minimum absolute atomic E-state index is 0.0146. The van der Waals surface area contributed by atoms with E-state index >= 15 is 0 Å². The number of amides is 1. The van der Waals surface area contributed by atoms with Crippen molar-refractivity contribution in [2.24, 2.45) is 5.92 Å². The third-order valence-corrected chi connectivity index (χ3v) is 3.94. The third-order valence-electron chi connectivity index (χ3n) is 2.78. The summed E-state index contributed by atoms with van der Waals surface area (Å²) in [6.45, 7) is 0.574. The van der Waals surface area contributed by atoms with Crippen molar-refractivity contribution in [3.8, 4) is 0 Å². The number of halogens is 3. The minimum Gasteiger partial charge on any atom is -0.397 e. The van der Waals surface area contributed by atoms with Crippen LogP contribution in [0.2, 0.25) is 10.0 Å². The quantitative estimate of drug-likeness (QED) is 0.672. The molecule has 3 nitrogen and oxygen atoms in total. The molecule has 1 saturated heterocycles. The van der Waals surface area contributed by atoms with E-state index in [1.165, 1.54) is 0 Å². The highest BCUT2D eigenvalue weighted by atomic mass is 35.5. The Morgan fingerprint density at radius 2 is 2.00 bits per heavy atom. The van der Waals surface area contributed by atoms with E-state index in [4.69, 9.17) is 40.5 Å². The Bertz CT molecular complexity index is 464. The van der Waals surface area contributed by atoms with Gasteiger partial charge in [-0.1, -0.05) is 23.2 Å². The fourth-order valence-electron chi connectivity index (χ4n) is 1.90. The molecule has 1 aliphatic heterocycles. The highest BCUT2D eigenvalue weighted by Crippen LogP contribution is 2.36. The predicted molar refractivity (Wildman–Crippen MR) is 72.1 cm³/mol. The third kappa shape index (κ3) is 2.46. The summed E-state index contributed by atoms with van der Waals surface area (Å²) in [7, 11) is 0. The average molecular weight is 294 g/mol. The number of rotatable bonds is 2. The van der Waals surface area contributed by atoms with Gasteiger partial charge in [0.1, 0.15) is 0 Å². The standard InChI is InChI=1S/C11H11Cl3N2O/c12-4-6-1-11(17)16(5-6)10-3-8(14)7(13)2-9(10)15/h2-3,6H,1,4-5,15H2. The number of anilines is 2. The van der Waals surface area contributed by atoms with Crippen molar-refractivity contribution in [2.75, 3.05) is 23.1 Å². The second-order valence-corrected chi connectivity index (χ2v) is 5.18. The molecule has 0 saturated carbocycles. The number of carbonyl (C=O) groups is 1. The smallest absolute Gasteiger partial charge is 0.227 e. The molecule has 1 unspecified atom stereocenters. The maximum atomic E-state index is 11.8. The van der Waals surface area contributed by atoms with Crippen molar-refractivity contribution in [1.82, 2.24) is 0 Å². The Labute approximate surface area is 114 Å². The Kier molecular flexibility index (Phi) is 3.71. The number of nitrogens with two attached hydrogens (primary N) is 1. The maximum absolute atomic E-state index is 11.8. The molecule has 17 heavy (non-hydrogen) atoms. The van der Waals surface area contributed by atoms with Crippen LogP contribution in [0, 0.1) is 5.92 Å². The lowest BCUT2D eigenvalue weighted by Gasteiger charge is -2.19. The molecule has 1 atom stereocenters. The molecule has 0 bridgehead atoms. The molecule has 92 valence electrons. The van der Waals surface area contributed by atoms with Crippen LogP contribution in [-0.2, 0) is 4.79 Å². The number of carbonyl (C=O) groups excluding carboxylic acids is 1. The first kappa shape index (κ1) is 12.8. The molecule has 1 aromatic rings. The first-order valence-electron chi connectivity index (χ1n) is 5.13. The van der Waals surface area contributed by atoms with Gasteiger partial charge in [-0.05, 0) is 18.1 Å². The topological polar surface area (TPSA) is 46.3 Å². The summed E-state index contributed by atoms with van der Waals surface area (Å²) in [5.41, 5.74) is 6.90. The molecule has 2 rings (SSSR count). The molecule has 0 aromatic heterocycles. The first-order chi connectivity index (χ1) is 8.02. The van der Waals surface area contributed by atoms with Crippen LogP contribution in [0.1, 0.15) is 6.42 Å². The van der Waals surface area contributed by atoms with Crippen LogP contribution in [0.15, 0.2) is 12.1 Å². The van der Waals surface area contributed by atoms with Crippen LogP contribution in [0.5, 0.6) is 0 Å². The number of alkyl halides is 1. The maximum Gasteiger partial charge on any atom is 0.227 e. The van der Waals surface area contributed by atoms with Crippen molar-refractivity contribution in [3.05, 3.63) is 22.2 Å². The summed E-state index contributed by atoms with van der Waals surface area (Å²) in [5.74, 6) is 0.641. The molecular formula is C11H11Cl3N2O. The Balaban J connectivity index is 2.35. The van der Waals surface area contributed by atoms with Gasteiger partial charge >= 0.3 is 0 Å². The molecule has 1 fully saturated rings. The first-order valence-corrected chi connectivity index (χ1v) is 6.42. The summed E-state index contributed by atoms with van der Waals surface area (Å²) >= 11 is 17.5. The largest absolute Gasteiger partial charge is 0.397 e. The van der Waals surface area contributed by atoms with Crippen molar-refractivity contribution >= 4 is 52.1 Å². The lowest BCUT2D eigenvalue weighted by molar-refractivity contribution is -0.117. The molecule has 1 aromatic carbocycles. The van der Waals surface area contributed by atoms with Crippen molar-refractivity contribution in [2.45, 2.75) is 6.42 Å². The number of hydrogen-bond acceptors (Lipinski definition) is 2. The van der Waals surface area contributed by atoms with Crippen LogP contribution >= 0.6 is 34.8 Å². The molecule has 2 N–H and O–H groups in total. The number of nitrogens with zero attached hydrogens (tertiary/aromatic N) is 1. The summed E-state index contributed by atoms with van der Waals surface area (Å²) < 4.78 is 0. The van der Waals surface area contributed by atoms with E-state index in [1.807, 2.05) is 0 Å². The van der Waals surface area contributed by atoms with Gasteiger partial charge in [-0.3, -0.25) is 4.79 Å². The van der Waals surface area contributed by atoms with Gasteiger partial charge in [-0.2, -0.15) is 0 Å². The van der Waals surface area contributed by atoms with Gasteiger partial charge in [0, 0.05) is 18.8 Å². The summed E-state index contributed by atoms with van der Waals surface area (Å²) in [4.78, 5) is 13.4. The summed E-state index contributed by atoms with van der Waals surface area (Å²) in [6.07, 6.45) is 0.448. The van der Waals surface area contributed by atoms with Crippen LogP contribution in [0.25, 0.3) is 0 Å². The van der Waals surface area contributed by atoms with Crippen LogP contribution in [0.4, 0.5) is 11.4 Å². The van der Waals surface area contributed by atoms with Crippen molar-refractivity contribution in [1.29, 1.82) is 0 Å². The van der Waals surface area contributed by atoms with Gasteiger partial charge in [-0.15, -0.1) is 11.6 Å². The summed E-state index contributed by atoms with van der Waals surface area (Å²) in [6, 6.07) is 3.17. The molecule has 1 aliphatic rings. The van der Waals surface area contributed by atoms with E-state index < -0.39 is 0 Å². The molecule has 0 radical (unpaired) electrons. The summed E-state index contributed by atoms with van der Waals surface area (Å²) in [5, 5.41) is 0.770. The van der Waals surface area contributed by atoms with Gasteiger partial charge in [0.05, 0.1) is 21.4 Å². The van der Waals surface area contributed by atoms with Gasteiger partial charge in [-0.25, -0.2) is 0 Å². The van der Waals surface area contributed by atoms with Crippen LogP contribution < -0.4 is 10.6 Å². The number of nitrogen functional groups attached to an aromatic ring is 1. The molecule has 1 amide bonds. The SMILES string of the molecule is Nc1cc(Cl)c(Cl)cc1N1CC(CCl)CC1=O. The fourth-order valence-corrected chi connectivity index (χ4v) is 2.44. The van der Waals surface area contributed by atoms with E-state index in [0.717, 1.165) is 0 Å². The fraction of sp³-hybridized carbons (Fsp3) is 0.364. The second kappa shape index (κ2) is 4.92. The van der Waals surface area contributed by atoms with Gasteiger partial charge in [0.25, 0.3) is 0 Å². The lowest BCUT2D eigenvalue weighted by atomic mass is 10.1. The number of benzene rings is 1. The van der Waals surface area contributed by atoms with E-state index in [-0.39, 0.29) is 11.8 Å². The minimum atomic E-state index is 0.0146. The van der Waals surface area contributed by atoms with Crippen LogP contribution in [0.3, 0.4) is 0 Å². The predicted octanol–water partition coefficient (Wildman–Crippen LogP) is 3.17. The molecule has 1 heterocycles. The van der Waals surface area contributed by atoms with Gasteiger partial charge < -0.3 is 10.6 Å². The van der Waals surface area contributed by atoms with E-state index in [1.54, 1.807) is 17.0 Å². The molecular weight excluding hydrogens is 282 g/mol. The normalized spacial score (nSPS) is 20.1. The zero-order chi connectivity index (χ0) is 12.6. The highest BCUT2D eigenvalue weighted by Gasteiger charge is 2.31. The molecule has 0 aliphatic carbocycles. The van der Waals surface area contributed by atoms with Gasteiger partial charge in [0.15, 0.2) is 0 Å². The molecule has 6 heteroatoms. The van der Waals surface area contributed by atoms with Gasteiger partial charge in [0.2, 0.25) is 5.91 Å². The zero-order valence-electron chi connectivity index (χ0n) is 8.92. The highest BCUT2D eigenvalue weighted by molar-refractivity contribution is 6.42. The average Bonchev–Trinajstić information content (AvgIpc) is 2.65. The Morgan fingerprint density at radius 3 is 2.59 bits per heavy atom. The monoisotopic (exact) mass is 292 g/mol. The van der Waals surface area contributed by atoms with E-state index in [0.29, 0.717) is 40.3 Å². The Morgan fingerprint density at radius 1 is 1.35 bits per heavy atom. The second-order valence-electron chi connectivity index (χ2n) is 4.05. The number of hydrogen-bond donors (Lipinski definition) is 1. The van der Waals surface area contributed by atoms with Crippen LogP contribution in [-0.4, -0.2) is 18.3 Å². The molecule has 0 spiro atoms. The van der Waals surface area contributed by atoms with Crippen molar-refractivity contribution in [3.63, 3.8) is 0 Å². The van der Waals surface area contributed by atoms with E-state index in [2.05, 4.69) is 0 Å².